The van der Waals surface area contributed by atoms with Gasteiger partial charge in [-0.3, -0.25) is 19.5 Å². The van der Waals surface area contributed by atoms with Gasteiger partial charge >= 0.3 is 0 Å². The predicted molar refractivity (Wildman–Crippen MR) is 94.9 cm³/mol. The Morgan fingerprint density at radius 2 is 1.96 bits per heavy atom. The number of rotatable bonds is 7. The van der Waals surface area contributed by atoms with E-state index in [-0.39, 0.29) is 33.6 Å². The van der Waals surface area contributed by atoms with Gasteiger partial charge in [0.15, 0.2) is 0 Å². The molecular formula is C18H22ClN3O3. The van der Waals surface area contributed by atoms with Gasteiger partial charge in [0.05, 0.1) is 18.8 Å². The number of aromatic nitrogens is 1. The van der Waals surface area contributed by atoms with Crippen molar-refractivity contribution in [2.75, 3.05) is 39.4 Å². The number of hydrogen-bond acceptors (Lipinski definition) is 6. The minimum absolute atomic E-state index is 0.0428. The van der Waals surface area contributed by atoms with Crippen LogP contribution in [-0.4, -0.2) is 60.8 Å². The molecule has 1 aliphatic carbocycles. The number of hydrogen-bond donors (Lipinski definition) is 1. The highest BCUT2D eigenvalue weighted by Gasteiger charge is 2.32. The third-order valence-corrected chi connectivity index (χ3v) is 4.83. The molecule has 1 aromatic rings. The van der Waals surface area contributed by atoms with Crippen molar-refractivity contribution < 1.29 is 14.3 Å². The van der Waals surface area contributed by atoms with Crippen molar-refractivity contribution in [1.82, 2.24) is 15.2 Å². The Labute approximate surface area is 152 Å². The van der Waals surface area contributed by atoms with Gasteiger partial charge in [-0.2, -0.15) is 0 Å². The Morgan fingerprint density at radius 3 is 2.76 bits per heavy atom. The lowest BCUT2D eigenvalue weighted by molar-refractivity contribution is 0.0371. The van der Waals surface area contributed by atoms with Crippen molar-refractivity contribution in [3.8, 4) is 0 Å². The van der Waals surface area contributed by atoms with Gasteiger partial charge in [0, 0.05) is 25.8 Å². The van der Waals surface area contributed by atoms with Gasteiger partial charge in [-0.15, -0.1) is 0 Å². The summed E-state index contributed by atoms with van der Waals surface area (Å²) in [7, 11) is 0. The molecule has 0 aromatic carbocycles. The van der Waals surface area contributed by atoms with Crippen molar-refractivity contribution in [3.05, 3.63) is 40.3 Å². The maximum absolute atomic E-state index is 12.5. The molecule has 2 aliphatic rings. The summed E-state index contributed by atoms with van der Waals surface area (Å²) in [6, 6.07) is 3.20. The van der Waals surface area contributed by atoms with E-state index in [1.54, 1.807) is 12.1 Å². The van der Waals surface area contributed by atoms with Crippen molar-refractivity contribution in [3.63, 3.8) is 0 Å². The van der Waals surface area contributed by atoms with Crippen LogP contribution in [0.1, 0.15) is 40.1 Å². The fraction of sp³-hybridized carbons (Fsp3) is 0.500. The van der Waals surface area contributed by atoms with Crippen LogP contribution in [0.15, 0.2) is 29.1 Å². The number of allylic oxidation sites excluding steroid dienone is 2. The number of nitrogens with one attached hydrogen (secondary N) is 1. The average molecular weight is 364 g/mol. The molecule has 1 aliphatic heterocycles. The van der Waals surface area contributed by atoms with E-state index in [1.165, 1.54) is 6.20 Å². The number of halogens is 1. The zero-order valence-electron chi connectivity index (χ0n) is 14.1. The van der Waals surface area contributed by atoms with E-state index < -0.39 is 0 Å². The molecule has 0 bridgehead atoms. The molecular weight excluding hydrogens is 342 g/mol. The molecule has 1 fully saturated rings. The third kappa shape index (κ3) is 4.26. The van der Waals surface area contributed by atoms with Gasteiger partial charge in [-0.05, 0) is 31.5 Å². The average Bonchev–Trinajstić information content (AvgIpc) is 2.66. The van der Waals surface area contributed by atoms with E-state index in [1.807, 2.05) is 0 Å². The molecule has 25 heavy (non-hydrogen) atoms. The molecule has 2 heterocycles. The van der Waals surface area contributed by atoms with E-state index in [2.05, 4.69) is 15.2 Å². The first-order valence-corrected chi connectivity index (χ1v) is 9.04. The van der Waals surface area contributed by atoms with Crippen molar-refractivity contribution in [1.29, 1.82) is 0 Å². The first-order valence-electron chi connectivity index (χ1n) is 8.66. The predicted octanol–water partition coefficient (Wildman–Crippen LogP) is 2.00. The Hall–Kier alpha value is -1.76. The van der Waals surface area contributed by atoms with E-state index >= 15 is 0 Å². The Balaban J connectivity index is 1.45. The molecule has 0 saturated carbocycles. The first kappa shape index (κ1) is 18.0. The second-order valence-electron chi connectivity index (χ2n) is 6.19. The van der Waals surface area contributed by atoms with E-state index in [0.717, 1.165) is 52.1 Å². The molecule has 1 N–H and O–H groups in total. The van der Waals surface area contributed by atoms with Crippen LogP contribution in [0, 0.1) is 0 Å². The van der Waals surface area contributed by atoms with Gasteiger partial charge < -0.3 is 10.1 Å². The van der Waals surface area contributed by atoms with E-state index in [0.29, 0.717) is 6.54 Å². The number of Topliss-reactive ketones (excluding diaryl/α,β-unsaturated/α-hetero) is 2. The lowest BCUT2D eigenvalue weighted by Crippen LogP contribution is -2.36. The maximum atomic E-state index is 12.5. The summed E-state index contributed by atoms with van der Waals surface area (Å²) < 4.78 is 5.33. The molecule has 1 aromatic heterocycles. The van der Waals surface area contributed by atoms with E-state index in [4.69, 9.17) is 16.3 Å². The number of ketones is 2. The number of unbranched alkanes of at least 4 members (excludes halogenated alkanes) is 2. The molecule has 134 valence electrons. The summed E-state index contributed by atoms with van der Waals surface area (Å²) in [5.41, 5.74) is 0.617. The van der Waals surface area contributed by atoms with Crippen LogP contribution in [0.4, 0.5) is 0 Å². The minimum atomic E-state index is -0.348. The molecule has 6 nitrogen and oxygen atoms in total. The third-order valence-electron chi connectivity index (χ3n) is 4.47. The molecule has 1 saturated heterocycles. The molecule has 0 unspecified atom stereocenters. The Morgan fingerprint density at radius 1 is 1.16 bits per heavy atom. The Kier molecular flexibility index (Phi) is 6.18. The zero-order chi connectivity index (χ0) is 17.6. The van der Waals surface area contributed by atoms with Crippen LogP contribution in [-0.2, 0) is 4.74 Å². The second kappa shape index (κ2) is 8.56. The van der Waals surface area contributed by atoms with Crippen LogP contribution in [0.25, 0.3) is 0 Å². The monoisotopic (exact) mass is 363 g/mol. The topological polar surface area (TPSA) is 71.5 Å². The lowest BCUT2D eigenvalue weighted by atomic mass is 9.97. The van der Waals surface area contributed by atoms with Crippen LogP contribution in [0.2, 0.25) is 0 Å². The van der Waals surface area contributed by atoms with Crippen LogP contribution in [0.3, 0.4) is 0 Å². The van der Waals surface area contributed by atoms with Crippen LogP contribution >= 0.6 is 11.6 Å². The number of pyridine rings is 1. The summed E-state index contributed by atoms with van der Waals surface area (Å²) in [4.78, 5) is 31.1. The zero-order valence-corrected chi connectivity index (χ0v) is 14.8. The second-order valence-corrected chi connectivity index (χ2v) is 6.57. The quantitative estimate of drug-likeness (QED) is 0.747. The molecule has 7 heteroatoms. The number of ether oxygens (including phenoxy) is 1. The molecule has 3 rings (SSSR count). The summed E-state index contributed by atoms with van der Waals surface area (Å²) >= 11 is 6.10. The van der Waals surface area contributed by atoms with Gasteiger partial charge in [0.1, 0.15) is 16.4 Å². The smallest absolute Gasteiger partial charge is 0.229 e. The summed E-state index contributed by atoms with van der Waals surface area (Å²) in [6.45, 7) is 5.32. The standard InChI is InChI=1S/C18H22ClN3O3/c19-14-16(18(24)15-13(17(14)23)5-4-7-20-15)21-6-2-1-3-8-22-9-11-25-12-10-22/h4-5,7,21H,1-3,6,8-12H2. The molecule has 0 amide bonds. The number of fused-ring (bicyclic) bond motifs is 1. The highest BCUT2D eigenvalue weighted by Crippen LogP contribution is 2.25. The molecule has 0 atom stereocenters. The summed E-state index contributed by atoms with van der Waals surface area (Å²) in [5, 5.41) is 2.99. The highest BCUT2D eigenvalue weighted by molar-refractivity contribution is 6.49. The number of nitrogens with zero attached hydrogens (tertiary/aromatic N) is 2. The SMILES string of the molecule is O=C1C(Cl)=C(NCCCCCN2CCOCC2)C(=O)c2ncccc21. The molecule has 0 radical (unpaired) electrons. The number of carbonyl (C=O) groups is 2. The van der Waals surface area contributed by atoms with Crippen LogP contribution < -0.4 is 5.32 Å². The fourth-order valence-electron chi connectivity index (χ4n) is 3.05. The normalized spacial score (nSPS) is 18.4. The van der Waals surface area contributed by atoms with Crippen molar-refractivity contribution in [2.45, 2.75) is 19.3 Å². The summed E-state index contributed by atoms with van der Waals surface area (Å²) in [6.07, 6.45) is 4.57. The number of morpholine rings is 1. The fourth-order valence-corrected chi connectivity index (χ4v) is 3.31. The van der Waals surface area contributed by atoms with Gasteiger partial charge in [0.25, 0.3) is 0 Å². The Bertz CT molecular complexity index is 684. The lowest BCUT2D eigenvalue weighted by Gasteiger charge is -2.26. The maximum Gasteiger partial charge on any atom is 0.229 e. The van der Waals surface area contributed by atoms with Crippen LogP contribution in [0.5, 0.6) is 0 Å². The number of carbonyl (C=O) groups excluding carboxylic acids is 2. The largest absolute Gasteiger partial charge is 0.380 e. The van der Waals surface area contributed by atoms with Gasteiger partial charge in [0.2, 0.25) is 11.6 Å². The molecule has 0 spiro atoms. The van der Waals surface area contributed by atoms with Gasteiger partial charge in [-0.1, -0.05) is 18.0 Å². The van der Waals surface area contributed by atoms with Crippen molar-refractivity contribution in [2.24, 2.45) is 0 Å². The highest BCUT2D eigenvalue weighted by atomic mass is 35.5. The van der Waals surface area contributed by atoms with Gasteiger partial charge in [-0.25, -0.2) is 0 Å². The summed E-state index contributed by atoms with van der Waals surface area (Å²) in [5.74, 6) is -0.660. The first-order chi connectivity index (χ1) is 12.2. The minimum Gasteiger partial charge on any atom is -0.380 e. The van der Waals surface area contributed by atoms with E-state index in [9.17, 15) is 9.59 Å². The van der Waals surface area contributed by atoms with Crippen molar-refractivity contribution >= 4 is 23.2 Å².